The molecule has 0 aliphatic rings. The van der Waals surface area contributed by atoms with Crippen LogP contribution >= 0.6 is 0 Å². The molecule has 12 atom stereocenters. The minimum Gasteiger partial charge on any atom is -0.508 e. The first-order valence-corrected chi connectivity index (χ1v) is 38.6. The van der Waals surface area contributed by atoms with Crippen LogP contribution in [0.4, 0.5) is 0 Å². The van der Waals surface area contributed by atoms with Crippen molar-refractivity contribution in [3.05, 3.63) is 102 Å². The third kappa shape index (κ3) is 30.4. The third-order valence-electron chi connectivity index (χ3n) is 19.2. The van der Waals surface area contributed by atoms with Gasteiger partial charge in [-0.15, -0.1) is 0 Å². The number of aromatic hydroxyl groups is 1. The maximum absolute atomic E-state index is 15.2. The highest BCUT2D eigenvalue weighted by molar-refractivity contribution is 6.00. The van der Waals surface area contributed by atoms with Crippen LogP contribution in [-0.4, -0.2) is 190 Å². The molecule has 34 heteroatoms. The Hall–Kier alpha value is -10.9. The third-order valence-corrected chi connectivity index (χ3v) is 19.2. The molecule has 2 aromatic heterocycles. The molecule has 5 rings (SSSR count). The van der Waals surface area contributed by atoms with Crippen molar-refractivity contribution in [3.8, 4) is 5.75 Å². The number of aliphatic imine (C=N–C) groups is 2. The molecule has 0 saturated carbocycles. The Balaban J connectivity index is 1.44. The Bertz CT molecular complexity index is 3960. The summed E-state index contributed by atoms with van der Waals surface area (Å²) in [6, 6.07) is 6.14. The zero-order chi connectivity index (χ0) is 82.7. The number of carboxylic acid groups (broad SMARTS) is 1. The summed E-state index contributed by atoms with van der Waals surface area (Å²) in [5, 5.41) is 49.8. The first-order chi connectivity index (χ1) is 53.2. The van der Waals surface area contributed by atoms with E-state index in [0.29, 0.717) is 43.2 Å². The summed E-state index contributed by atoms with van der Waals surface area (Å²) < 4.78 is 0. The zero-order valence-corrected chi connectivity index (χ0v) is 65.7. The molecule has 0 unspecified atom stereocenters. The van der Waals surface area contributed by atoms with Crippen LogP contribution in [0.25, 0.3) is 21.8 Å². The molecule has 0 radical (unpaired) electrons. The number of phenolic OH excluding ortho intramolecular Hbond substituents is 1. The SMILES string of the molecule is CC[C@H](C)[C@H](NC(=O)[C@H](Cc1c[nH]c2ccccc12)NC(=O)[C@@H](NC(=O)[C@H](CC(C)C)NC(=O)[C@@H](N)Cc1c[nH]c2ccccc12)C(C)C)C(=O)N[C@@H](Cc1ccc(O)cc1)C(=O)N[C@@H](CC(C)C)C(=O)N[C@@H](CCCN=C(N)N)C(=O)N[C@@H](CCCCN)C(=O)N[C@@H](CCCCN)C(=O)N[C@@H](CCCN=C(N)N)C(=O)O. The summed E-state index contributed by atoms with van der Waals surface area (Å²) in [5.74, 6) is -11.3. The summed E-state index contributed by atoms with van der Waals surface area (Å²) in [6.07, 6.45) is 5.46. The monoisotopic (exact) mass is 1560 g/mol. The van der Waals surface area contributed by atoms with E-state index in [1.165, 1.54) is 24.3 Å². The Morgan fingerprint density at radius 1 is 0.420 bits per heavy atom. The van der Waals surface area contributed by atoms with Crippen molar-refractivity contribution in [2.45, 2.75) is 225 Å². The molecule has 3 aromatic carbocycles. The van der Waals surface area contributed by atoms with Crippen molar-refractivity contribution in [1.29, 1.82) is 0 Å². The topological polar surface area (TPSA) is 587 Å². The zero-order valence-electron chi connectivity index (χ0n) is 65.7. The van der Waals surface area contributed by atoms with Crippen molar-refractivity contribution < 1.29 is 63.0 Å². The predicted octanol–water partition coefficient (Wildman–Crippen LogP) is 0.802. The molecule has 2 heterocycles. The number of carbonyl (C=O) groups is 11. The van der Waals surface area contributed by atoms with Crippen molar-refractivity contribution >= 4 is 98.8 Å². The number of fused-ring (bicyclic) bond motifs is 2. The highest BCUT2D eigenvalue weighted by Crippen LogP contribution is 2.23. The molecule has 616 valence electrons. The van der Waals surface area contributed by atoms with Gasteiger partial charge in [-0.1, -0.05) is 110 Å². The fourth-order valence-electron chi connectivity index (χ4n) is 12.8. The normalized spacial score (nSPS) is 14.6. The van der Waals surface area contributed by atoms with Gasteiger partial charge >= 0.3 is 5.97 Å². The van der Waals surface area contributed by atoms with Crippen molar-refractivity contribution in [2.24, 2.45) is 73.8 Å². The lowest BCUT2D eigenvalue weighted by Crippen LogP contribution is -2.62. The Kier molecular flexibility index (Phi) is 38.3. The van der Waals surface area contributed by atoms with E-state index < -0.39 is 143 Å². The van der Waals surface area contributed by atoms with E-state index >= 15 is 14.4 Å². The van der Waals surface area contributed by atoms with Crippen LogP contribution in [0.5, 0.6) is 5.75 Å². The number of carboxylic acids is 1. The van der Waals surface area contributed by atoms with E-state index in [-0.39, 0.29) is 126 Å². The number of rotatable bonds is 50. The maximum Gasteiger partial charge on any atom is 0.326 e. The van der Waals surface area contributed by atoms with E-state index in [1.807, 2.05) is 62.4 Å². The van der Waals surface area contributed by atoms with Gasteiger partial charge in [-0.3, -0.25) is 57.9 Å². The van der Waals surface area contributed by atoms with E-state index in [2.05, 4.69) is 73.1 Å². The van der Waals surface area contributed by atoms with Gasteiger partial charge in [0.2, 0.25) is 59.1 Å². The molecular formula is C78H121N21O13. The molecule has 28 N–H and O–H groups in total. The molecule has 112 heavy (non-hydrogen) atoms. The summed E-state index contributed by atoms with van der Waals surface area (Å²) in [7, 11) is 0. The molecule has 0 saturated heterocycles. The number of guanidine groups is 2. The van der Waals surface area contributed by atoms with Crippen LogP contribution in [0.15, 0.2) is 95.2 Å². The van der Waals surface area contributed by atoms with Crippen molar-refractivity contribution in [1.82, 2.24) is 63.1 Å². The van der Waals surface area contributed by atoms with Gasteiger partial charge in [0.05, 0.1) is 6.04 Å². The van der Waals surface area contributed by atoms with Crippen LogP contribution in [0, 0.1) is 23.7 Å². The number of nitrogens with one attached hydrogen (secondary N) is 12. The quantitative estimate of drug-likeness (QED) is 0.0145. The number of hydrogen-bond acceptors (Lipinski definition) is 17. The van der Waals surface area contributed by atoms with Gasteiger partial charge in [-0.2, -0.15) is 0 Å². The number of aromatic nitrogens is 2. The number of para-hydroxylation sites is 2. The van der Waals surface area contributed by atoms with Gasteiger partial charge in [-0.25, -0.2) is 4.79 Å². The molecule has 34 nitrogen and oxygen atoms in total. The number of aliphatic carboxylic acids is 1. The highest BCUT2D eigenvalue weighted by atomic mass is 16.4. The average molecular weight is 1560 g/mol. The Morgan fingerprint density at radius 3 is 1.23 bits per heavy atom. The summed E-state index contributed by atoms with van der Waals surface area (Å²) in [5.41, 5.74) is 43.8. The molecule has 0 aliphatic carbocycles. The van der Waals surface area contributed by atoms with Gasteiger partial charge in [-0.05, 0) is 161 Å². The number of nitrogens with zero attached hydrogens (tertiary/aromatic N) is 2. The number of nitrogens with two attached hydrogens (primary N) is 7. The molecule has 0 spiro atoms. The van der Waals surface area contributed by atoms with Gasteiger partial charge < -0.3 is 113 Å². The number of H-pyrrole nitrogens is 2. The van der Waals surface area contributed by atoms with Crippen molar-refractivity contribution in [3.63, 3.8) is 0 Å². The number of aromatic amines is 2. The summed E-state index contributed by atoms with van der Waals surface area (Å²) in [4.78, 5) is 173. The minimum atomic E-state index is -1.50. The second kappa shape index (κ2) is 46.7. The van der Waals surface area contributed by atoms with Gasteiger partial charge in [0, 0.05) is 60.1 Å². The molecule has 0 fully saturated rings. The van der Waals surface area contributed by atoms with Crippen LogP contribution in [-0.2, 0) is 72.0 Å². The van der Waals surface area contributed by atoms with Crippen LogP contribution < -0.4 is 93.3 Å². The molecule has 0 bridgehead atoms. The number of unbranched alkanes of at least 4 members (excludes halogenated alkanes) is 2. The lowest BCUT2D eigenvalue weighted by molar-refractivity contribution is -0.142. The van der Waals surface area contributed by atoms with Crippen LogP contribution in [0.3, 0.4) is 0 Å². The predicted molar refractivity (Wildman–Crippen MR) is 430 cm³/mol. The molecule has 10 amide bonds. The van der Waals surface area contributed by atoms with E-state index in [4.69, 9.17) is 40.1 Å². The molecule has 5 aromatic rings. The first-order valence-electron chi connectivity index (χ1n) is 38.6. The van der Waals surface area contributed by atoms with Crippen LogP contribution in [0.2, 0.25) is 0 Å². The fourth-order valence-corrected chi connectivity index (χ4v) is 12.8. The molecule has 0 aliphatic heterocycles. The van der Waals surface area contributed by atoms with Crippen LogP contribution in [0.1, 0.15) is 156 Å². The Morgan fingerprint density at radius 2 is 0.786 bits per heavy atom. The standard InChI is InChI=1S/C78H121N21O13/c1-9-46(8)65(99-73(108)63(40-49-42-89-55-23-13-11-21-52(49)55)97-74(109)64(45(6)7)98-72(107)61(37-44(4)5)94-66(101)53(81)39-48-41-88-54-22-12-10-20-51(48)54)75(110)96-62(38-47-28-30-50(100)31-29-47)71(106)95-60(36-43(2)3)70(105)92-58(26-18-34-86-77(82)83)68(103)90-56(24-14-16-32-79)67(102)91-57(25-15-17-33-80)69(104)93-59(76(111)112)27-19-35-87-78(84)85/h10-13,20-23,28-31,41-46,53,56-65,88-89,100H,9,14-19,24-27,32-40,79-81H2,1-8H3,(H,90,103)(H,91,102)(H,92,105)(H,93,104)(H,94,101)(H,95,106)(H,96,110)(H,97,109)(H,98,107)(H,99,108)(H,111,112)(H4,82,83,86)(H4,84,85,87)/t46-,53-,56-,57-,58-,59-,60-,61-,62-,63-,64-,65-/m0/s1. The van der Waals surface area contributed by atoms with Gasteiger partial charge in [0.15, 0.2) is 11.9 Å². The summed E-state index contributed by atoms with van der Waals surface area (Å²) >= 11 is 0. The number of phenols is 1. The largest absolute Gasteiger partial charge is 0.508 e. The van der Waals surface area contributed by atoms with E-state index in [0.717, 1.165) is 27.4 Å². The number of hydrogen-bond donors (Lipinski definition) is 21. The Labute approximate surface area is 654 Å². The van der Waals surface area contributed by atoms with Gasteiger partial charge in [0.25, 0.3) is 0 Å². The lowest BCUT2D eigenvalue weighted by Gasteiger charge is -2.31. The molecular weight excluding hydrogens is 1440 g/mol. The minimum absolute atomic E-state index is 0.00186. The number of carbonyl (C=O) groups excluding carboxylic acids is 10. The second-order valence-electron chi connectivity index (χ2n) is 29.8. The summed E-state index contributed by atoms with van der Waals surface area (Å²) in [6.45, 7) is 14.8. The average Bonchev–Trinajstić information content (AvgIpc) is 1.65. The number of benzene rings is 3. The first kappa shape index (κ1) is 91.7. The fraction of sp³-hybridized carbons (Fsp3) is 0.551. The van der Waals surface area contributed by atoms with E-state index in [1.54, 1.807) is 53.9 Å². The van der Waals surface area contributed by atoms with Gasteiger partial charge in [0.1, 0.15) is 66.2 Å². The lowest BCUT2D eigenvalue weighted by atomic mass is 9.95. The van der Waals surface area contributed by atoms with E-state index in [9.17, 15) is 48.6 Å². The highest BCUT2D eigenvalue weighted by Gasteiger charge is 2.39. The maximum atomic E-state index is 15.2. The smallest absolute Gasteiger partial charge is 0.326 e. The number of amides is 10. The van der Waals surface area contributed by atoms with Crippen molar-refractivity contribution in [2.75, 3.05) is 26.2 Å². The second-order valence-corrected chi connectivity index (χ2v) is 29.8.